The number of esters is 1. The summed E-state index contributed by atoms with van der Waals surface area (Å²) in [5.41, 5.74) is 1.08. The lowest BCUT2D eigenvalue weighted by Crippen LogP contribution is -2.04. The summed E-state index contributed by atoms with van der Waals surface area (Å²) in [6.07, 6.45) is 2.94. The molecule has 0 fully saturated rings. The maximum atomic E-state index is 11.4. The molecule has 0 saturated carbocycles. The lowest BCUT2D eigenvalue weighted by atomic mass is 10.1. The molecular formula is C12H11NO3. The number of methoxy groups -OCH3 is 2. The van der Waals surface area contributed by atoms with E-state index in [0.29, 0.717) is 11.3 Å². The second-order valence-electron chi connectivity index (χ2n) is 2.91. The Labute approximate surface area is 93.7 Å². The lowest BCUT2D eigenvalue weighted by molar-refractivity contribution is 0.0597. The Balaban J connectivity index is 3.17. The normalized spacial score (nSPS) is 9.81. The third-order valence-electron chi connectivity index (χ3n) is 1.98. The molecule has 82 valence electrons. The van der Waals surface area contributed by atoms with Gasteiger partial charge in [0.05, 0.1) is 20.3 Å². The minimum atomic E-state index is -0.468. The van der Waals surface area contributed by atoms with E-state index in [2.05, 4.69) is 4.74 Å². The van der Waals surface area contributed by atoms with E-state index in [1.807, 2.05) is 6.07 Å². The SMILES string of the molecule is COC(=O)c1cc(C=CC#N)ccc1OC. The molecule has 0 aromatic heterocycles. The van der Waals surface area contributed by atoms with Gasteiger partial charge in [0.15, 0.2) is 0 Å². The van der Waals surface area contributed by atoms with Crippen LogP contribution in [0, 0.1) is 11.3 Å². The number of hydrogen-bond acceptors (Lipinski definition) is 4. The molecule has 0 atom stereocenters. The minimum absolute atomic E-state index is 0.338. The Bertz CT molecular complexity index is 458. The van der Waals surface area contributed by atoms with Gasteiger partial charge in [0, 0.05) is 6.08 Å². The summed E-state index contributed by atoms with van der Waals surface area (Å²) >= 11 is 0. The standard InChI is InChI=1S/C12H11NO3/c1-15-11-6-5-9(4-3-7-13)8-10(11)12(14)16-2/h3-6,8H,1-2H3. The highest BCUT2D eigenvalue weighted by molar-refractivity contribution is 5.93. The Morgan fingerprint density at radius 1 is 1.44 bits per heavy atom. The second kappa shape index (κ2) is 5.56. The highest BCUT2D eigenvalue weighted by Crippen LogP contribution is 2.21. The van der Waals surface area contributed by atoms with Gasteiger partial charge >= 0.3 is 5.97 Å². The van der Waals surface area contributed by atoms with Crippen LogP contribution in [0.15, 0.2) is 24.3 Å². The van der Waals surface area contributed by atoms with E-state index in [0.717, 1.165) is 5.56 Å². The largest absolute Gasteiger partial charge is 0.496 e. The summed E-state index contributed by atoms with van der Waals surface area (Å²) in [6.45, 7) is 0. The van der Waals surface area contributed by atoms with Crippen LogP contribution in [0.5, 0.6) is 5.75 Å². The molecule has 1 aromatic carbocycles. The molecule has 0 spiro atoms. The number of ether oxygens (including phenoxy) is 2. The van der Waals surface area contributed by atoms with Crippen LogP contribution >= 0.6 is 0 Å². The fourth-order valence-electron chi connectivity index (χ4n) is 1.23. The first-order valence-corrected chi connectivity index (χ1v) is 4.55. The molecular weight excluding hydrogens is 206 g/mol. The zero-order valence-electron chi connectivity index (χ0n) is 9.06. The van der Waals surface area contributed by atoms with Gasteiger partial charge in [-0.1, -0.05) is 6.07 Å². The van der Waals surface area contributed by atoms with E-state index in [-0.39, 0.29) is 0 Å². The maximum absolute atomic E-state index is 11.4. The van der Waals surface area contributed by atoms with Crippen molar-refractivity contribution in [3.63, 3.8) is 0 Å². The molecule has 0 radical (unpaired) electrons. The van der Waals surface area contributed by atoms with Gasteiger partial charge in [-0.2, -0.15) is 5.26 Å². The van der Waals surface area contributed by atoms with Crippen molar-refractivity contribution in [3.8, 4) is 11.8 Å². The number of nitriles is 1. The topological polar surface area (TPSA) is 59.3 Å². The number of rotatable bonds is 3. The van der Waals surface area contributed by atoms with Crippen LogP contribution in [0.1, 0.15) is 15.9 Å². The predicted octanol–water partition coefficient (Wildman–Crippen LogP) is 2.02. The van der Waals surface area contributed by atoms with E-state index < -0.39 is 5.97 Å². The van der Waals surface area contributed by atoms with Crippen LogP contribution < -0.4 is 4.74 Å². The first kappa shape index (κ1) is 11.8. The van der Waals surface area contributed by atoms with Gasteiger partial charge in [-0.3, -0.25) is 0 Å². The van der Waals surface area contributed by atoms with Gasteiger partial charge in [0.2, 0.25) is 0 Å². The van der Waals surface area contributed by atoms with Gasteiger partial charge in [0.1, 0.15) is 11.3 Å². The Morgan fingerprint density at radius 3 is 2.75 bits per heavy atom. The van der Waals surface area contributed by atoms with Crippen molar-refractivity contribution in [3.05, 3.63) is 35.4 Å². The van der Waals surface area contributed by atoms with Crippen molar-refractivity contribution >= 4 is 12.0 Å². The maximum Gasteiger partial charge on any atom is 0.341 e. The first-order valence-electron chi connectivity index (χ1n) is 4.55. The number of carbonyl (C=O) groups is 1. The molecule has 16 heavy (non-hydrogen) atoms. The predicted molar refractivity (Wildman–Crippen MR) is 59.0 cm³/mol. The Kier molecular flexibility index (Phi) is 4.10. The minimum Gasteiger partial charge on any atom is -0.496 e. The van der Waals surface area contributed by atoms with Crippen molar-refractivity contribution in [1.29, 1.82) is 5.26 Å². The molecule has 0 N–H and O–H groups in total. The van der Waals surface area contributed by atoms with Crippen LogP contribution in [0.4, 0.5) is 0 Å². The summed E-state index contributed by atoms with van der Waals surface area (Å²) < 4.78 is 9.67. The van der Waals surface area contributed by atoms with Gasteiger partial charge in [-0.25, -0.2) is 4.79 Å². The highest BCUT2D eigenvalue weighted by atomic mass is 16.5. The summed E-state index contributed by atoms with van der Waals surface area (Å²) in [5, 5.41) is 8.40. The molecule has 0 saturated heterocycles. The van der Waals surface area contributed by atoms with E-state index in [4.69, 9.17) is 10.00 Å². The average Bonchev–Trinajstić information content (AvgIpc) is 2.35. The highest BCUT2D eigenvalue weighted by Gasteiger charge is 2.12. The van der Waals surface area contributed by atoms with E-state index in [1.54, 1.807) is 24.3 Å². The van der Waals surface area contributed by atoms with E-state index >= 15 is 0 Å². The van der Waals surface area contributed by atoms with Crippen LogP contribution in [0.3, 0.4) is 0 Å². The summed E-state index contributed by atoms with van der Waals surface area (Å²) in [7, 11) is 2.78. The molecule has 0 bridgehead atoms. The summed E-state index contributed by atoms with van der Waals surface area (Å²) in [4.78, 5) is 11.4. The molecule has 0 aliphatic heterocycles. The van der Waals surface area contributed by atoms with Gasteiger partial charge < -0.3 is 9.47 Å². The molecule has 1 rings (SSSR count). The van der Waals surface area contributed by atoms with Crippen molar-refractivity contribution in [1.82, 2.24) is 0 Å². The molecule has 1 aromatic rings. The quantitative estimate of drug-likeness (QED) is 0.574. The van der Waals surface area contributed by atoms with Crippen LogP contribution in [-0.4, -0.2) is 20.2 Å². The zero-order chi connectivity index (χ0) is 12.0. The summed E-state index contributed by atoms with van der Waals surface area (Å²) in [5.74, 6) is -0.0231. The van der Waals surface area contributed by atoms with Crippen LogP contribution in [0.25, 0.3) is 6.08 Å². The van der Waals surface area contributed by atoms with Crippen LogP contribution in [-0.2, 0) is 4.74 Å². The molecule has 0 aliphatic carbocycles. The number of benzene rings is 1. The average molecular weight is 217 g/mol. The number of hydrogen-bond donors (Lipinski definition) is 0. The number of nitrogens with zero attached hydrogens (tertiary/aromatic N) is 1. The van der Waals surface area contributed by atoms with Crippen LogP contribution in [0.2, 0.25) is 0 Å². The van der Waals surface area contributed by atoms with Crippen molar-refractivity contribution in [2.24, 2.45) is 0 Å². The third-order valence-corrected chi connectivity index (χ3v) is 1.98. The second-order valence-corrected chi connectivity index (χ2v) is 2.91. The fraction of sp³-hybridized carbons (Fsp3) is 0.167. The molecule has 0 heterocycles. The zero-order valence-corrected chi connectivity index (χ0v) is 9.06. The molecule has 0 amide bonds. The Hall–Kier alpha value is -2.28. The van der Waals surface area contributed by atoms with E-state index in [9.17, 15) is 4.79 Å². The number of allylic oxidation sites excluding steroid dienone is 1. The van der Waals surface area contributed by atoms with Gasteiger partial charge in [-0.15, -0.1) is 0 Å². The third kappa shape index (κ3) is 2.61. The first-order chi connectivity index (χ1) is 7.72. The Morgan fingerprint density at radius 2 is 2.19 bits per heavy atom. The van der Waals surface area contributed by atoms with Crippen molar-refractivity contribution in [2.75, 3.05) is 14.2 Å². The monoisotopic (exact) mass is 217 g/mol. The van der Waals surface area contributed by atoms with Gasteiger partial charge in [0.25, 0.3) is 0 Å². The van der Waals surface area contributed by atoms with Crippen molar-refractivity contribution in [2.45, 2.75) is 0 Å². The van der Waals surface area contributed by atoms with Crippen molar-refractivity contribution < 1.29 is 14.3 Å². The fourth-order valence-corrected chi connectivity index (χ4v) is 1.23. The molecule has 0 unspecified atom stereocenters. The molecule has 4 heteroatoms. The molecule has 4 nitrogen and oxygen atoms in total. The smallest absolute Gasteiger partial charge is 0.341 e. The van der Waals surface area contributed by atoms with E-state index in [1.165, 1.54) is 20.3 Å². The number of carbonyl (C=O) groups excluding carboxylic acids is 1. The van der Waals surface area contributed by atoms with Gasteiger partial charge in [-0.05, 0) is 23.8 Å². The summed E-state index contributed by atoms with van der Waals surface area (Å²) in [6, 6.07) is 6.89. The molecule has 0 aliphatic rings. The lowest BCUT2D eigenvalue weighted by Gasteiger charge is -2.07.